The Morgan fingerprint density at radius 2 is 2.56 bits per heavy atom. The molecule has 0 spiro atoms. The van der Waals surface area contributed by atoms with E-state index in [1.54, 1.807) is 6.07 Å². The highest BCUT2D eigenvalue weighted by molar-refractivity contribution is 5.80. The van der Waals surface area contributed by atoms with Crippen LogP contribution in [0.15, 0.2) is 6.20 Å². The predicted molar refractivity (Wildman–Crippen MR) is 60.9 cm³/mol. The molecule has 1 aromatic heterocycles. The van der Waals surface area contributed by atoms with E-state index in [1.807, 2.05) is 6.42 Å². The average Bonchev–Trinajstić information content (AvgIpc) is 2.79. The van der Waals surface area contributed by atoms with Gasteiger partial charge in [0.2, 0.25) is 6.04 Å². The summed E-state index contributed by atoms with van der Waals surface area (Å²) in [6, 6.07) is 0.657. The molecular weight excluding hydrogens is 234 g/mol. The van der Waals surface area contributed by atoms with E-state index in [0.717, 1.165) is 30.6 Å². The summed E-state index contributed by atoms with van der Waals surface area (Å²) < 4.78 is 6.70. The summed E-state index contributed by atoms with van der Waals surface area (Å²) in [5.41, 5.74) is 5.67. The average molecular weight is 248 g/mol. The molecule has 2 N–H and O–H groups in total. The molecular formula is C11H14N5O2. The van der Waals surface area contributed by atoms with Crippen molar-refractivity contribution in [3.05, 3.63) is 18.3 Å². The lowest BCUT2D eigenvalue weighted by atomic mass is 10.1. The summed E-state index contributed by atoms with van der Waals surface area (Å²) in [6.45, 7) is 0.747. The molecule has 0 saturated carbocycles. The van der Waals surface area contributed by atoms with Crippen LogP contribution in [-0.4, -0.2) is 33.6 Å². The van der Waals surface area contributed by atoms with Crippen molar-refractivity contribution >= 4 is 5.91 Å². The number of nitrogens with two attached hydrogens (primary N) is 1. The highest BCUT2D eigenvalue weighted by Crippen LogP contribution is 2.18. The number of primary amides is 1. The maximum atomic E-state index is 11.0. The predicted octanol–water partition coefficient (Wildman–Crippen LogP) is -0.0504. The number of aromatic nitrogens is 3. The number of carbonyl (C=O) groups excluding carboxylic acids is 1. The van der Waals surface area contributed by atoms with Crippen LogP contribution in [0, 0.1) is 17.8 Å². The smallest absolute Gasteiger partial charge is 0.257 e. The molecule has 1 saturated heterocycles. The van der Waals surface area contributed by atoms with E-state index in [-0.39, 0.29) is 6.10 Å². The molecule has 7 heteroatoms. The van der Waals surface area contributed by atoms with Crippen LogP contribution in [0.5, 0.6) is 0 Å². The van der Waals surface area contributed by atoms with Gasteiger partial charge in [-0.3, -0.25) is 4.79 Å². The standard InChI is InChI=1S/C11H14N5O2/c12-6-10(11(13)17)16-7-8(14-15-16)5-9-3-1-2-4-18-9/h5,7,9-10H,1-4H2,(H2,13,17)/t9-,10+/m0/s1. The van der Waals surface area contributed by atoms with Crippen molar-refractivity contribution in [1.82, 2.24) is 15.0 Å². The molecule has 2 atom stereocenters. The summed E-state index contributed by atoms with van der Waals surface area (Å²) in [6.07, 6.45) is 6.55. The second kappa shape index (κ2) is 5.60. The first-order valence-electron chi connectivity index (χ1n) is 5.78. The van der Waals surface area contributed by atoms with Gasteiger partial charge in [-0.15, -0.1) is 5.10 Å². The summed E-state index contributed by atoms with van der Waals surface area (Å²) in [7, 11) is 0. The SMILES string of the molecule is N#C[C@H](C(N)=O)n1cc([CH][C@@H]2CCCCO2)nn1. The lowest BCUT2D eigenvalue weighted by Gasteiger charge is -2.20. The fourth-order valence-electron chi connectivity index (χ4n) is 1.83. The van der Waals surface area contributed by atoms with Crippen molar-refractivity contribution in [2.75, 3.05) is 6.61 Å². The second-order valence-electron chi connectivity index (χ2n) is 4.13. The van der Waals surface area contributed by atoms with E-state index in [9.17, 15) is 4.79 Å². The van der Waals surface area contributed by atoms with Gasteiger partial charge < -0.3 is 10.5 Å². The van der Waals surface area contributed by atoms with Gasteiger partial charge in [0.05, 0.1) is 24.1 Å². The summed E-state index contributed by atoms with van der Waals surface area (Å²) >= 11 is 0. The first kappa shape index (κ1) is 12.5. The van der Waals surface area contributed by atoms with Gasteiger partial charge in [-0.2, -0.15) is 5.26 Å². The third-order valence-corrected chi connectivity index (χ3v) is 2.76. The molecule has 0 bridgehead atoms. The van der Waals surface area contributed by atoms with Crippen molar-refractivity contribution < 1.29 is 9.53 Å². The van der Waals surface area contributed by atoms with E-state index in [2.05, 4.69) is 10.3 Å². The Hall–Kier alpha value is -1.94. The van der Waals surface area contributed by atoms with Crippen LogP contribution in [0.4, 0.5) is 0 Å². The van der Waals surface area contributed by atoms with Gasteiger partial charge >= 0.3 is 0 Å². The van der Waals surface area contributed by atoms with Crippen molar-refractivity contribution in [3.8, 4) is 6.07 Å². The number of hydrogen-bond donors (Lipinski definition) is 1. The molecule has 1 aromatic rings. The van der Waals surface area contributed by atoms with E-state index in [0.29, 0.717) is 5.69 Å². The van der Waals surface area contributed by atoms with Crippen molar-refractivity contribution in [2.45, 2.75) is 31.4 Å². The molecule has 18 heavy (non-hydrogen) atoms. The number of amides is 1. The van der Waals surface area contributed by atoms with E-state index in [1.165, 1.54) is 6.20 Å². The van der Waals surface area contributed by atoms with Crippen LogP contribution in [0.3, 0.4) is 0 Å². The highest BCUT2D eigenvalue weighted by atomic mass is 16.5. The van der Waals surface area contributed by atoms with Crippen molar-refractivity contribution in [1.29, 1.82) is 5.26 Å². The summed E-state index contributed by atoms with van der Waals surface area (Å²) in [5, 5.41) is 16.4. The maximum absolute atomic E-state index is 11.0. The minimum absolute atomic E-state index is 0.0259. The molecule has 1 aliphatic rings. The molecule has 95 valence electrons. The molecule has 1 fully saturated rings. The minimum Gasteiger partial charge on any atom is -0.377 e. The monoisotopic (exact) mass is 248 g/mol. The zero-order valence-corrected chi connectivity index (χ0v) is 9.82. The first-order chi connectivity index (χ1) is 8.70. The minimum atomic E-state index is -1.12. The van der Waals surface area contributed by atoms with E-state index < -0.39 is 11.9 Å². The number of nitrogens with zero attached hydrogens (tertiary/aromatic N) is 4. The van der Waals surface area contributed by atoms with Crippen LogP contribution >= 0.6 is 0 Å². The molecule has 1 radical (unpaired) electrons. The zero-order valence-electron chi connectivity index (χ0n) is 9.82. The van der Waals surface area contributed by atoms with Crippen LogP contribution in [0.2, 0.25) is 0 Å². The number of carbonyl (C=O) groups is 1. The second-order valence-corrected chi connectivity index (χ2v) is 4.13. The molecule has 0 aromatic carbocycles. The van der Waals surface area contributed by atoms with E-state index in [4.69, 9.17) is 15.7 Å². The fourth-order valence-corrected chi connectivity index (χ4v) is 1.83. The molecule has 1 aliphatic heterocycles. The van der Waals surface area contributed by atoms with E-state index >= 15 is 0 Å². The van der Waals surface area contributed by atoms with Gasteiger partial charge in [-0.1, -0.05) is 5.21 Å². The van der Waals surface area contributed by atoms with Gasteiger partial charge in [0.15, 0.2) is 0 Å². The normalized spacial score (nSPS) is 21.2. The van der Waals surface area contributed by atoms with Crippen LogP contribution in [0.1, 0.15) is 31.0 Å². The number of nitriles is 1. The lowest BCUT2D eigenvalue weighted by Crippen LogP contribution is -2.25. The van der Waals surface area contributed by atoms with Gasteiger partial charge in [0, 0.05) is 13.0 Å². The Balaban J connectivity index is 2.01. The molecule has 2 rings (SSSR count). The van der Waals surface area contributed by atoms with Crippen LogP contribution < -0.4 is 5.73 Å². The Morgan fingerprint density at radius 1 is 1.72 bits per heavy atom. The largest absolute Gasteiger partial charge is 0.377 e. The molecule has 0 aliphatic carbocycles. The van der Waals surface area contributed by atoms with Crippen molar-refractivity contribution in [2.24, 2.45) is 5.73 Å². The number of rotatable bonds is 4. The van der Waals surface area contributed by atoms with Crippen LogP contribution in [0.25, 0.3) is 0 Å². The quantitative estimate of drug-likeness (QED) is 0.803. The van der Waals surface area contributed by atoms with Crippen molar-refractivity contribution in [3.63, 3.8) is 0 Å². The van der Waals surface area contributed by atoms with Gasteiger partial charge in [0.1, 0.15) is 0 Å². The van der Waals surface area contributed by atoms with Gasteiger partial charge in [0.25, 0.3) is 5.91 Å². The molecule has 7 nitrogen and oxygen atoms in total. The number of ether oxygens (including phenoxy) is 1. The summed E-state index contributed by atoms with van der Waals surface area (Å²) in [4.78, 5) is 11.0. The van der Waals surface area contributed by atoms with Gasteiger partial charge in [-0.05, 0) is 19.3 Å². The van der Waals surface area contributed by atoms with Crippen LogP contribution in [-0.2, 0) is 9.53 Å². The Kier molecular flexibility index (Phi) is 3.89. The summed E-state index contributed by atoms with van der Waals surface area (Å²) in [5.74, 6) is -0.747. The Labute approximate surface area is 105 Å². The zero-order chi connectivity index (χ0) is 13.0. The molecule has 0 unspecified atom stereocenters. The Morgan fingerprint density at radius 3 is 3.17 bits per heavy atom. The fraction of sp³-hybridized carbons (Fsp3) is 0.545. The molecule has 1 amide bonds. The molecule has 2 heterocycles. The first-order valence-corrected chi connectivity index (χ1v) is 5.78. The third-order valence-electron chi connectivity index (χ3n) is 2.76. The number of hydrogen-bond acceptors (Lipinski definition) is 5. The maximum Gasteiger partial charge on any atom is 0.257 e. The van der Waals surface area contributed by atoms with Gasteiger partial charge in [-0.25, -0.2) is 4.68 Å². The highest BCUT2D eigenvalue weighted by Gasteiger charge is 2.21. The lowest BCUT2D eigenvalue weighted by molar-refractivity contribution is -0.119. The third kappa shape index (κ3) is 2.84. The Bertz CT molecular complexity index is 458. The topological polar surface area (TPSA) is 107 Å².